The Kier molecular flexibility index (Phi) is 9.53. The van der Waals surface area contributed by atoms with Crippen LogP contribution in [0.1, 0.15) is 40.5 Å². The van der Waals surface area contributed by atoms with E-state index in [0.29, 0.717) is 22.3 Å². The number of piperidine rings is 1. The predicted molar refractivity (Wildman–Crippen MR) is 128 cm³/mol. The number of pyridine rings is 2. The number of methoxy groups -OCH3 is 1. The fraction of sp³-hybridized carbons (Fsp3) is 0.440. The summed E-state index contributed by atoms with van der Waals surface area (Å²) in [5, 5.41) is 0.578. The molecule has 0 spiro atoms. The normalized spacial score (nSPS) is 15.9. The van der Waals surface area contributed by atoms with Gasteiger partial charge in [0.15, 0.2) is 11.5 Å². The Morgan fingerprint density at radius 1 is 1.10 bits per heavy atom. The first kappa shape index (κ1) is 24.4. The first-order valence-electron chi connectivity index (χ1n) is 11.2. The van der Waals surface area contributed by atoms with Gasteiger partial charge in [0.1, 0.15) is 6.10 Å². The van der Waals surface area contributed by atoms with E-state index in [-0.39, 0.29) is 11.7 Å². The summed E-state index contributed by atoms with van der Waals surface area (Å²) in [5.74, 6) is 1.38. The van der Waals surface area contributed by atoms with Crippen LogP contribution >= 0.6 is 0 Å². The van der Waals surface area contributed by atoms with Crippen molar-refractivity contribution in [1.29, 1.82) is 0 Å². The second kappa shape index (κ2) is 12.1. The summed E-state index contributed by atoms with van der Waals surface area (Å²) in [6.07, 6.45) is 4.02. The number of fused-ring (bicyclic) bond motifs is 1. The standard InChI is InChI=1S/C21H23N3O3.2C2H6/c1-24-10-4-5-15(13-24)27-19-8-7-14(11-20(19)26-2)17-12-18-16(21(25)23-17)6-3-9-22-18;2*1-2/h3,6-9,11-12,15H,4-5,10,13H2,1-2H3,(H,23,25);2*1-2H3. The van der Waals surface area contributed by atoms with Crippen LogP contribution in [-0.2, 0) is 0 Å². The maximum absolute atomic E-state index is 12.3. The van der Waals surface area contributed by atoms with Crippen molar-refractivity contribution < 1.29 is 9.47 Å². The number of rotatable bonds is 4. The number of benzene rings is 1. The molecule has 6 heteroatoms. The zero-order valence-electron chi connectivity index (χ0n) is 19.6. The number of hydrogen-bond acceptors (Lipinski definition) is 5. The fourth-order valence-corrected chi connectivity index (χ4v) is 3.57. The van der Waals surface area contributed by atoms with Crippen LogP contribution in [0.15, 0.2) is 47.4 Å². The van der Waals surface area contributed by atoms with Crippen molar-refractivity contribution >= 4 is 10.9 Å². The van der Waals surface area contributed by atoms with Crippen LogP contribution in [0.3, 0.4) is 0 Å². The molecule has 1 N–H and O–H groups in total. The van der Waals surface area contributed by atoms with Crippen LogP contribution in [0, 0.1) is 0 Å². The monoisotopic (exact) mass is 425 g/mol. The number of aromatic nitrogens is 2. The maximum Gasteiger partial charge on any atom is 0.257 e. The van der Waals surface area contributed by atoms with Gasteiger partial charge in [-0.2, -0.15) is 0 Å². The Morgan fingerprint density at radius 2 is 1.87 bits per heavy atom. The Hall–Kier alpha value is -2.86. The van der Waals surface area contributed by atoms with Gasteiger partial charge in [-0.25, -0.2) is 0 Å². The molecule has 1 saturated heterocycles. The Bertz CT molecular complexity index is 1020. The number of aromatic amines is 1. The highest BCUT2D eigenvalue weighted by molar-refractivity contribution is 5.81. The third-order valence-corrected chi connectivity index (χ3v) is 4.96. The fourth-order valence-electron chi connectivity index (χ4n) is 3.57. The van der Waals surface area contributed by atoms with Crippen molar-refractivity contribution in [2.24, 2.45) is 0 Å². The zero-order valence-corrected chi connectivity index (χ0v) is 19.6. The molecule has 168 valence electrons. The lowest BCUT2D eigenvalue weighted by molar-refractivity contribution is 0.101. The number of nitrogens with one attached hydrogen (secondary N) is 1. The number of nitrogens with zero attached hydrogens (tertiary/aromatic N) is 2. The van der Waals surface area contributed by atoms with Crippen LogP contribution < -0.4 is 15.0 Å². The van der Waals surface area contributed by atoms with Crippen LogP contribution in [0.4, 0.5) is 0 Å². The molecule has 1 unspecified atom stereocenters. The highest BCUT2D eigenvalue weighted by atomic mass is 16.5. The molecule has 3 aromatic rings. The van der Waals surface area contributed by atoms with Crippen LogP contribution in [-0.4, -0.2) is 48.2 Å². The maximum atomic E-state index is 12.3. The Labute approximate surface area is 185 Å². The summed E-state index contributed by atoms with van der Waals surface area (Å²) in [5.41, 5.74) is 2.07. The molecule has 1 aliphatic heterocycles. The molecule has 0 radical (unpaired) electrons. The molecule has 2 aromatic heterocycles. The largest absolute Gasteiger partial charge is 0.493 e. The first-order chi connectivity index (χ1) is 15.1. The highest BCUT2D eigenvalue weighted by Crippen LogP contribution is 2.33. The van der Waals surface area contributed by atoms with Crippen LogP contribution in [0.25, 0.3) is 22.2 Å². The molecule has 0 aliphatic carbocycles. The average Bonchev–Trinajstić information content (AvgIpc) is 2.82. The lowest BCUT2D eigenvalue weighted by Gasteiger charge is -2.30. The minimum Gasteiger partial charge on any atom is -0.493 e. The molecule has 3 heterocycles. The predicted octanol–water partition coefficient (Wildman–Crippen LogP) is 5.12. The lowest BCUT2D eigenvalue weighted by atomic mass is 10.1. The smallest absolute Gasteiger partial charge is 0.257 e. The minimum atomic E-state index is -0.153. The minimum absolute atomic E-state index is 0.153. The van der Waals surface area contributed by atoms with E-state index in [0.717, 1.165) is 37.2 Å². The van der Waals surface area contributed by atoms with E-state index in [1.54, 1.807) is 25.4 Å². The van der Waals surface area contributed by atoms with E-state index < -0.39 is 0 Å². The van der Waals surface area contributed by atoms with Crippen molar-refractivity contribution in [1.82, 2.24) is 14.9 Å². The average molecular weight is 426 g/mol. The summed E-state index contributed by atoms with van der Waals surface area (Å²) in [6.45, 7) is 10.0. The molecular weight excluding hydrogens is 390 g/mol. The third kappa shape index (κ3) is 6.07. The van der Waals surface area contributed by atoms with Gasteiger partial charge in [-0.1, -0.05) is 27.7 Å². The lowest BCUT2D eigenvalue weighted by Crippen LogP contribution is -2.38. The Balaban J connectivity index is 0.000000807. The summed E-state index contributed by atoms with van der Waals surface area (Å²) >= 11 is 0. The van der Waals surface area contributed by atoms with Crippen molar-refractivity contribution in [2.45, 2.75) is 46.6 Å². The van der Waals surface area contributed by atoms with E-state index in [4.69, 9.17) is 9.47 Å². The van der Waals surface area contributed by atoms with E-state index >= 15 is 0 Å². The van der Waals surface area contributed by atoms with E-state index in [9.17, 15) is 4.79 Å². The molecule has 0 bridgehead atoms. The molecule has 6 nitrogen and oxygen atoms in total. The number of hydrogen-bond donors (Lipinski definition) is 1. The van der Waals surface area contributed by atoms with Gasteiger partial charge in [-0.05, 0) is 62.8 Å². The van der Waals surface area contributed by atoms with Crippen molar-refractivity contribution in [3.05, 3.63) is 52.9 Å². The van der Waals surface area contributed by atoms with E-state index in [1.165, 1.54) is 0 Å². The summed E-state index contributed by atoms with van der Waals surface area (Å²) < 4.78 is 11.7. The third-order valence-electron chi connectivity index (χ3n) is 4.96. The number of ether oxygens (including phenoxy) is 2. The van der Waals surface area contributed by atoms with Crippen molar-refractivity contribution in [3.8, 4) is 22.8 Å². The quantitative estimate of drug-likeness (QED) is 0.628. The van der Waals surface area contributed by atoms with E-state index in [1.807, 2.05) is 52.0 Å². The molecule has 1 atom stereocenters. The summed E-state index contributed by atoms with van der Waals surface area (Å²) in [7, 11) is 3.74. The van der Waals surface area contributed by atoms with Gasteiger partial charge in [0.25, 0.3) is 5.56 Å². The SMILES string of the molecule is CC.CC.COc1cc(-c2cc3ncccc3c(=O)[nH]2)ccc1OC1CCCN(C)C1. The second-order valence-corrected chi connectivity index (χ2v) is 6.96. The van der Waals surface area contributed by atoms with Gasteiger partial charge >= 0.3 is 0 Å². The van der Waals surface area contributed by atoms with Gasteiger partial charge < -0.3 is 19.4 Å². The van der Waals surface area contributed by atoms with Gasteiger partial charge in [0.2, 0.25) is 0 Å². The van der Waals surface area contributed by atoms with Crippen LogP contribution in [0.5, 0.6) is 11.5 Å². The van der Waals surface area contributed by atoms with Crippen LogP contribution in [0.2, 0.25) is 0 Å². The highest BCUT2D eigenvalue weighted by Gasteiger charge is 2.20. The molecule has 1 aliphatic rings. The number of likely N-dealkylation sites (N-methyl/N-ethyl adjacent to an activating group) is 1. The number of H-pyrrole nitrogens is 1. The molecule has 31 heavy (non-hydrogen) atoms. The second-order valence-electron chi connectivity index (χ2n) is 6.96. The molecule has 0 amide bonds. The zero-order chi connectivity index (χ0) is 22.8. The van der Waals surface area contributed by atoms with Gasteiger partial charge in [0.05, 0.1) is 23.7 Å². The van der Waals surface area contributed by atoms with E-state index in [2.05, 4.69) is 21.9 Å². The topological polar surface area (TPSA) is 67.4 Å². The van der Waals surface area contributed by atoms with Gasteiger partial charge in [-0.3, -0.25) is 9.78 Å². The molecule has 4 rings (SSSR count). The van der Waals surface area contributed by atoms with Crippen molar-refractivity contribution in [3.63, 3.8) is 0 Å². The van der Waals surface area contributed by atoms with Gasteiger partial charge in [0, 0.05) is 18.3 Å². The first-order valence-corrected chi connectivity index (χ1v) is 11.2. The molecule has 1 fully saturated rings. The number of likely N-dealkylation sites (tertiary alicyclic amines) is 1. The summed E-state index contributed by atoms with van der Waals surface area (Å²) in [6, 6.07) is 11.1. The van der Waals surface area contributed by atoms with Crippen molar-refractivity contribution in [2.75, 3.05) is 27.2 Å². The molecular formula is C25H35N3O3. The summed E-state index contributed by atoms with van der Waals surface area (Å²) in [4.78, 5) is 21.8. The molecule has 0 saturated carbocycles. The molecule has 1 aromatic carbocycles. The van der Waals surface area contributed by atoms with Gasteiger partial charge in [-0.15, -0.1) is 0 Å². The Morgan fingerprint density at radius 3 is 2.58 bits per heavy atom.